The molecule has 6 nitrogen and oxygen atoms in total. The predicted octanol–water partition coefficient (Wildman–Crippen LogP) is -0.573. The summed E-state index contributed by atoms with van der Waals surface area (Å²) < 4.78 is 10.2. The van der Waals surface area contributed by atoms with Crippen molar-refractivity contribution in [2.24, 2.45) is 0 Å². The van der Waals surface area contributed by atoms with Gasteiger partial charge in [0.15, 0.2) is 0 Å². The number of morpholine rings is 1. The largest absolute Gasteiger partial charge is 0.394 e. The fourth-order valence-electron chi connectivity index (χ4n) is 1.41. The van der Waals surface area contributed by atoms with Crippen molar-refractivity contribution in [3.05, 3.63) is 0 Å². The number of ether oxygens (including phenoxy) is 2. The summed E-state index contributed by atoms with van der Waals surface area (Å²) in [5.41, 5.74) is 0. The molecule has 0 aliphatic carbocycles. The highest BCUT2D eigenvalue weighted by Crippen LogP contribution is 1.96. The Hall–Kier alpha value is -0.850. The number of nitrogens with zero attached hydrogens (tertiary/aromatic N) is 1. The van der Waals surface area contributed by atoms with Crippen LogP contribution in [0.15, 0.2) is 0 Å². The minimum atomic E-state index is -0.0366. The zero-order chi connectivity index (χ0) is 11.6. The van der Waals surface area contributed by atoms with Crippen LogP contribution in [-0.4, -0.2) is 68.7 Å². The van der Waals surface area contributed by atoms with Crippen molar-refractivity contribution >= 4 is 6.03 Å². The first-order valence-electron chi connectivity index (χ1n) is 5.63. The van der Waals surface area contributed by atoms with Crippen LogP contribution in [-0.2, 0) is 9.47 Å². The fourth-order valence-corrected chi connectivity index (χ4v) is 1.41. The van der Waals surface area contributed by atoms with Gasteiger partial charge in [-0.05, 0) is 6.42 Å². The number of aliphatic hydroxyl groups is 1. The van der Waals surface area contributed by atoms with Gasteiger partial charge in [-0.3, -0.25) is 0 Å². The highest BCUT2D eigenvalue weighted by molar-refractivity contribution is 5.74. The second kappa shape index (κ2) is 8.32. The molecule has 0 aromatic rings. The normalized spacial score (nSPS) is 16.2. The van der Waals surface area contributed by atoms with Crippen LogP contribution >= 0.6 is 0 Å². The van der Waals surface area contributed by atoms with E-state index in [-0.39, 0.29) is 12.6 Å². The number of carbonyl (C=O) groups is 1. The van der Waals surface area contributed by atoms with Gasteiger partial charge in [0.1, 0.15) is 0 Å². The zero-order valence-electron chi connectivity index (χ0n) is 9.48. The number of nitrogens with one attached hydrogen (secondary N) is 1. The van der Waals surface area contributed by atoms with Gasteiger partial charge in [0, 0.05) is 26.2 Å². The maximum absolute atomic E-state index is 11.6. The maximum atomic E-state index is 11.6. The Morgan fingerprint density at radius 2 is 2.12 bits per heavy atom. The van der Waals surface area contributed by atoms with E-state index in [1.165, 1.54) is 0 Å². The second-order valence-corrected chi connectivity index (χ2v) is 3.52. The van der Waals surface area contributed by atoms with Crippen LogP contribution < -0.4 is 5.32 Å². The summed E-state index contributed by atoms with van der Waals surface area (Å²) in [7, 11) is 0. The lowest BCUT2D eigenvalue weighted by Gasteiger charge is -2.26. The molecule has 0 bridgehead atoms. The van der Waals surface area contributed by atoms with E-state index >= 15 is 0 Å². The van der Waals surface area contributed by atoms with E-state index in [1.54, 1.807) is 4.90 Å². The molecule has 2 amide bonds. The molecule has 1 heterocycles. The second-order valence-electron chi connectivity index (χ2n) is 3.52. The molecule has 1 aliphatic heterocycles. The van der Waals surface area contributed by atoms with Gasteiger partial charge in [0.2, 0.25) is 0 Å². The first kappa shape index (κ1) is 13.2. The summed E-state index contributed by atoms with van der Waals surface area (Å²) in [5.74, 6) is 0. The van der Waals surface area contributed by atoms with Crippen LogP contribution in [0.5, 0.6) is 0 Å². The first-order valence-corrected chi connectivity index (χ1v) is 5.63. The third-order valence-electron chi connectivity index (χ3n) is 2.28. The van der Waals surface area contributed by atoms with Crippen LogP contribution in [0.25, 0.3) is 0 Å². The molecule has 1 rings (SSSR count). The van der Waals surface area contributed by atoms with E-state index in [2.05, 4.69) is 5.32 Å². The Morgan fingerprint density at radius 1 is 1.38 bits per heavy atom. The molecule has 2 N–H and O–H groups in total. The highest BCUT2D eigenvalue weighted by atomic mass is 16.5. The molecule has 16 heavy (non-hydrogen) atoms. The third-order valence-corrected chi connectivity index (χ3v) is 2.28. The smallest absolute Gasteiger partial charge is 0.317 e. The molecule has 6 heteroatoms. The van der Waals surface area contributed by atoms with E-state index < -0.39 is 0 Å². The Labute approximate surface area is 95.5 Å². The average molecular weight is 232 g/mol. The maximum Gasteiger partial charge on any atom is 0.317 e. The number of hydrogen-bond donors (Lipinski definition) is 2. The minimum absolute atomic E-state index is 0.0366. The number of amides is 2. The summed E-state index contributed by atoms with van der Waals surface area (Å²) in [6.07, 6.45) is 0.760. The zero-order valence-corrected chi connectivity index (χ0v) is 9.48. The number of carbonyl (C=O) groups excluding carboxylic acids is 1. The monoisotopic (exact) mass is 232 g/mol. The molecule has 0 radical (unpaired) electrons. The van der Waals surface area contributed by atoms with Gasteiger partial charge in [-0.25, -0.2) is 4.79 Å². The van der Waals surface area contributed by atoms with Gasteiger partial charge in [-0.15, -0.1) is 0 Å². The van der Waals surface area contributed by atoms with Crippen molar-refractivity contribution in [1.82, 2.24) is 10.2 Å². The van der Waals surface area contributed by atoms with E-state index in [0.717, 1.165) is 6.42 Å². The van der Waals surface area contributed by atoms with Crippen molar-refractivity contribution in [1.29, 1.82) is 0 Å². The van der Waals surface area contributed by atoms with Gasteiger partial charge < -0.3 is 24.8 Å². The molecule has 0 saturated carbocycles. The van der Waals surface area contributed by atoms with Crippen LogP contribution in [0, 0.1) is 0 Å². The molecule has 94 valence electrons. The predicted molar refractivity (Wildman–Crippen MR) is 58.3 cm³/mol. The molecule has 0 aromatic heterocycles. The molecule has 0 unspecified atom stereocenters. The molecular formula is C10H20N2O4. The minimum Gasteiger partial charge on any atom is -0.394 e. The molecule has 1 fully saturated rings. The Kier molecular flexibility index (Phi) is 6.87. The van der Waals surface area contributed by atoms with Gasteiger partial charge in [-0.2, -0.15) is 0 Å². The first-order chi connectivity index (χ1) is 7.84. The summed E-state index contributed by atoms with van der Waals surface area (Å²) >= 11 is 0. The van der Waals surface area contributed by atoms with Gasteiger partial charge in [0.25, 0.3) is 0 Å². The lowest BCUT2D eigenvalue weighted by atomic mass is 10.4. The van der Waals surface area contributed by atoms with Crippen molar-refractivity contribution in [2.75, 3.05) is 52.7 Å². The number of urea groups is 1. The third kappa shape index (κ3) is 5.29. The van der Waals surface area contributed by atoms with Gasteiger partial charge >= 0.3 is 6.03 Å². The van der Waals surface area contributed by atoms with Crippen LogP contribution in [0.2, 0.25) is 0 Å². The van der Waals surface area contributed by atoms with Gasteiger partial charge in [0.05, 0.1) is 26.4 Å². The average Bonchev–Trinajstić information content (AvgIpc) is 2.34. The summed E-state index contributed by atoms with van der Waals surface area (Å²) in [5, 5.41) is 11.3. The van der Waals surface area contributed by atoms with E-state index in [9.17, 15) is 4.79 Å². The van der Waals surface area contributed by atoms with Crippen LogP contribution in [0.4, 0.5) is 4.79 Å². The quantitative estimate of drug-likeness (QED) is 0.601. The molecule has 1 aliphatic rings. The number of rotatable bonds is 6. The van der Waals surface area contributed by atoms with Crippen LogP contribution in [0.3, 0.4) is 0 Å². The summed E-state index contributed by atoms with van der Waals surface area (Å²) in [4.78, 5) is 13.3. The molecule has 0 atom stereocenters. The summed E-state index contributed by atoms with van der Waals surface area (Å²) in [6.45, 7) is 4.11. The van der Waals surface area contributed by atoms with Crippen molar-refractivity contribution in [3.8, 4) is 0 Å². The van der Waals surface area contributed by atoms with Gasteiger partial charge in [-0.1, -0.05) is 0 Å². The SMILES string of the molecule is O=C(NCCCOCCO)N1CCOCC1. The number of aliphatic hydroxyl groups excluding tert-OH is 1. The van der Waals surface area contributed by atoms with E-state index in [1.807, 2.05) is 0 Å². The molecule has 0 spiro atoms. The number of hydrogen-bond acceptors (Lipinski definition) is 4. The van der Waals surface area contributed by atoms with Crippen molar-refractivity contribution in [2.45, 2.75) is 6.42 Å². The molecule has 0 aromatic carbocycles. The van der Waals surface area contributed by atoms with E-state index in [4.69, 9.17) is 14.6 Å². The van der Waals surface area contributed by atoms with E-state index in [0.29, 0.717) is 46.1 Å². The lowest BCUT2D eigenvalue weighted by molar-refractivity contribution is 0.0528. The summed E-state index contributed by atoms with van der Waals surface area (Å²) in [6, 6.07) is -0.0366. The molecule has 1 saturated heterocycles. The Bertz CT molecular complexity index is 195. The van der Waals surface area contributed by atoms with Crippen LogP contribution in [0.1, 0.15) is 6.42 Å². The Balaban J connectivity index is 1.97. The topological polar surface area (TPSA) is 71.0 Å². The van der Waals surface area contributed by atoms with Crippen molar-refractivity contribution < 1.29 is 19.4 Å². The highest BCUT2D eigenvalue weighted by Gasteiger charge is 2.15. The molecular weight excluding hydrogens is 212 g/mol. The Morgan fingerprint density at radius 3 is 2.81 bits per heavy atom. The standard InChI is InChI=1S/C10H20N2O4/c13-5-9-15-6-1-2-11-10(14)12-3-7-16-8-4-12/h13H,1-9H2,(H,11,14). The lowest BCUT2D eigenvalue weighted by Crippen LogP contribution is -2.46. The van der Waals surface area contributed by atoms with Crippen molar-refractivity contribution in [3.63, 3.8) is 0 Å². The fraction of sp³-hybridized carbons (Fsp3) is 0.900.